The summed E-state index contributed by atoms with van der Waals surface area (Å²) < 4.78 is 0. The largest absolute Gasteiger partial charge is 0.356 e. The Kier molecular flexibility index (Phi) is 5.99. The van der Waals surface area contributed by atoms with E-state index in [0.717, 1.165) is 11.3 Å². The maximum atomic E-state index is 11.8. The van der Waals surface area contributed by atoms with Crippen molar-refractivity contribution < 1.29 is 9.59 Å². The topological polar surface area (TPSA) is 46.2 Å². The van der Waals surface area contributed by atoms with Crippen molar-refractivity contribution in [3.8, 4) is 0 Å². The summed E-state index contributed by atoms with van der Waals surface area (Å²) in [5, 5.41) is 4.78. The van der Waals surface area contributed by atoms with Crippen molar-refractivity contribution in [2.75, 3.05) is 6.54 Å². The molecule has 1 N–H and O–H groups in total. The van der Waals surface area contributed by atoms with Crippen LogP contribution in [-0.4, -0.2) is 18.2 Å². The van der Waals surface area contributed by atoms with E-state index in [1.54, 1.807) is 6.07 Å². The lowest BCUT2D eigenvalue weighted by Gasteiger charge is -2.12. The molecule has 108 valence electrons. The van der Waals surface area contributed by atoms with Crippen molar-refractivity contribution in [2.45, 2.75) is 44.9 Å². The summed E-state index contributed by atoms with van der Waals surface area (Å²) >= 11 is 1.43. The van der Waals surface area contributed by atoms with Crippen molar-refractivity contribution in [1.29, 1.82) is 0 Å². The van der Waals surface area contributed by atoms with Gasteiger partial charge in [-0.15, -0.1) is 11.3 Å². The second-order valence-electron chi connectivity index (χ2n) is 5.11. The average Bonchev–Trinajstić information content (AvgIpc) is 3.00. The first-order valence-electron chi connectivity index (χ1n) is 7.27. The quantitative estimate of drug-likeness (QED) is 0.615. The molecule has 1 aliphatic rings. The first kappa shape index (κ1) is 15.0. The van der Waals surface area contributed by atoms with E-state index in [0.29, 0.717) is 13.0 Å². The lowest BCUT2D eigenvalue weighted by atomic mass is 9.97. The zero-order chi connectivity index (χ0) is 14.2. The Morgan fingerprint density at radius 1 is 1.25 bits per heavy atom. The molecule has 0 unspecified atom stereocenters. The van der Waals surface area contributed by atoms with E-state index < -0.39 is 0 Å². The van der Waals surface area contributed by atoms with Crippen LogP contribution in [-0.2, 0) is 4.79 Å². The number of allylic oxidation sites excluding steroid dienone is 1. The van der Waals surface area contributed by atoms with Gasteiger partial charge in [0.15, 0.2) is 5.78 Å². The van der Waals surface area contributed by atoms with Crippen LogP contribution in [0.15, 0.2) is 29.2 Å². The van der Waals surface area contributed by atoms with Crippen LogP contribution in [0.1, 0.15) is 54.6 Å². The Morgan fingerprint density at radius 3 is 2.85 bits per heavy atom. The minimum Gasteiger partial charge on any atom is -0.356 e. The standard InChI is InChI=1S/C16H21NO2S/c18-14(15-7-4-12-20-15)8-9-16(19)17-11-10-13-5-2-1-3-6-13/h4-5,7,12H,1-3,6,8-11H2,(H,17,19). The lowest BCUT2D eigenvalue weighted by molar-refractivity contribution is -0.121. The fraction of sp³-hybridized carbons (Fsp3) is 0.500. The van der Waals surface area contributed by atoms with Crippen LogP contribution in [0.2, 0.25) is 0 Å². The highest BCUT2D eigenvalue weighted by Crippen LogP contribution is 2.19. The number of hydrogen-bond donors (Lipinski definition) is 1. The summed E-state index contributed by atoms with van der Waals surface area (Å²) in [5.41, 5.74) is 1.46. The molecule has 1 aromatic heterocycles. The SMILES string of the molecule is O=C(CCC(=O)c1cccs1)NCCC1=CCCCC1. The van der Waals surface area contributed by atoms with E-state index in [4.69, 9.17) is 0 Å². The second kappa shape index (κ2) is 8.00. The van der Waals surface area contributed by atoms with Gasteiger partial charge in [0.05, 0.1) is 4.88 Å². The summed E-state index contributed by atoms with van der Waals surface area (Å²) in [6.45, 7) is 0.692. The van der Waals surface area contributed by atoms with E-state index >= 15 is 0 Å². The highest BCUT2D eigenvalue weighted by molar-refractivity contribution is 7.12. The summed E-state index contributed by atoms with van der Waals surface area (Å²) in [7, 11) is 0. The summed E-state index contributed by atoms with van der Waals surface area (Å²) in [6.07, 6.45) is 8.76. The molecule has 0 aliphatic heterocycles. The first-order chi connectivity index (χ1) is 9.75. The number of ketones is 1. The molecule has 0 fully saturated rings. The summed E-state index contributed by atoms with van der Waals surface area (Å²) in [5.74, 6) is 0.0384. The second-order valence-corrected chi connectivity index (χ2v) is 6.06. The smallest absolute Gasteiger partial charge is 0.220 e. The van der Waals surface area contributed by atoms with E-state index in [1.165, 1.54) is 42.6 Å². The third kappa shape index (κ3) is 4.93. The molecule has 2 rings (SSSR count). The lowest BCUT2D eigenvalue weighted by Crippen LogP contribution is -2.25. The fourth-order valence-corrected chi connectivity index (χ4v) is 3.06. The highest BCUT2D eigenvalue weighted by atomic mass is 32.1. The maximum absolute atomic E-state index is 11.8. The maximum Gasteiger partial charge on any atom is 0.220 e. The normalized spacial score (nSPS) is 14.7. The Bertz CT molecular complexity index is 477. The van der Waals surface area contributed by atoms with Crippen LogP contribution >= 0.6 is 11.3 Å². The number of hydrogen-bond acceptors (Lipinski definition) is 3. The van der Waals surface area contributed by atoms with Crippen molar-refractivity contribution >= 4 is 23.0 Å². The number of Topliss-reactive ketones (excluding diaryl/α,β-unsaturated/α-hetero) is 1. The van der Waals surface area contributed by atoms with Gasteiger partial charge in [-0.1, -0.05) is 17.7 Å². The van der Waals surface area contributed by atoms with Crippen molar-refractivity contribution in [3.63, 3.8) is 0 Å². The van der Waals surface area contributed by atoms with Crippen LogP contribution in [0.25, 0.3) is 0 Å². The molecule has 0 saturated heterocycles. The fourth-order valence-electron chi connectivity index (χ4n) is 2.37. The van der Waals surface area contributed by atoms with Gasteiger partial charge in [-0.2, -0.15) is 0 Å². The van der Waals surface area contributed by atoms with Gasteiger partial charge in [-0.05, 0) is 43.6 Å². The van der Waals surface area contributed by atoms with Gasteiger partial charge in [0, 0.05) is 19.4 Å². The molecule has 1 amide bonds. The minimum absolute atomic E-state index is 0.0219. The monoisotopic (exact) mass is 291 g/mol. The Hall–Kier alpha value is -1.42. The molecule has 20 heavy (non-hydrogen) atoms. The third-order valence-corrected chi connectivity index (χ3v) is 4.44. The number of carbonyl (C=O) groups is 2. The van der Waals surface area contributed by atoms with E-state index in [-0.39, 0.29) is 18.1 Å². The van der Waals surface area contributed by atoms with E-state index in [9.17, 15) is 9.59 Å². The molecule has 0 radical (unpaired) electrons. The van der Waals surface area contributed by atoms with Gasteiger partial charge in [0.1, 0.15) is 0 Å². The van der Waals surface area contributed by atoms with Crippen molar-refractivity contribution in [3.05, 3.63) is 34.0 Å². The molecular formula is C16H21NO2S. The van der Waals surface area contributed by atoms with Crippen LogP contribution in [0.4, 0.5) is 0 Å². The molecular weight excluding hydrogens is 270 g/mol. The molecule has 0 bridgehead atoms. The molecule has 0 saturated carbocycles. The zero-order valence-electron chi connectivity index (χ0n) is 11.7. The number of amides is 1. The van der Waals surface area contributed by atoms with Crippen LogP contribution in [0.5, 0.6) is 0 Å². The Balaban J connectivity index is 1.60. The zero-order valence-corrected chi connectivity index (χ0v) is 12.5. The highest BCUT2D eigenvalue weighted by Gasteiger charge is 2.10. The average molecular weight is 291 g/mol. The van der Waals surface area contributed by atoms with Gasteiger partial charge < -0.3 is 5.32 Å². The van der Waals surface area contributed by atoms with Crippen molar-refractivity contribution in [2.24, 2.45) is 0 Å². The molecule has 0 atom stereocenters. The van der Waals surface area contributed by atoms with Gasteiger partial charge in [0.25, 0.3) is 0 Å². The van der Waals surface area contributed by atoms with E-state index in [1.807, 2.05) is 11.4 Å². The van der Waals surface area contributed by atoms with Crippen LogP contribution in [0.3, 0.4) is 0 Å². The van der Waals surface area contributed by atoms with Crippen LogP contribution < -0.4 is 5.32 Å². The number of thiophene rings is 1. The van der Waals surface area contributed by atoms with Crippen molar-refractivity contribution in [1.82, 2.24) is 5.32 Å². The van der Waals surface area contributed by atoms with Crippen LogP contribution in [0, 0.1) is 0 Å². The molecule has 4 heteroatoms. The summed E-state index contributed by atoms with van der Waals surface area (Å²) in [6, 6.07) is 3.66. The minimum atomic E-state index is -0.0219. The van der Waals surface area contributed by atoms with Gasteiger partial charge in [-0.25, -0.2) is 0 Å². The third-order valence-electron chi connectivity index (χ3n) is 3.53. The Labute approximate surface area is 124 Å². The van der Waals surface area contributed by atoms with E-state index in [2.05, 4.69) is 11.4 Å². The molecule has 0 spiro atoms. The van der Waals surface area contributed by atoms with Gasteiger partial charge in [-0.3, -0.25) is 9.59 Å². The molecule has 0 aromatic carbocycles. The first-order valence-corrected chi connectivity index (χ1v) is 8.15. The predicted octanol–water partition coefficient (Wildman–Crippen LogP) is 3.72. The Morgan fingerprint density at radius 2 is 2.15 bits per heavy atom. The number of rotatable bonds is 7. The molecule has 3 nitrogen and oxygen atoms in total. The molecule has 1 heterocycles. The van der Waals surface area contributed by atoms with Gasteiger partial charge in [0.2, 0.25) is 5.91 Å². The number of carbonyl (C=O) groups excluding carboxylic acids is 2. The molecule has 1 aromatic rings. The predicted molar refractivity (Wildman–Crippen MR) is 82.1 cm³/mol. The summed E-state index contributed by atoms with van der Waals surface area (Å²) in [4.78, 5) is 24.2. The van der Waals surface area contributed by atoms with Gasteiger partial charge >= 0.3 is 0 Å². The number of nitrogens with one attached hydrogen (secondary N) is 1. The molecule has 1 aliphatic carbocycles.